The number of rotatable bonds is 3. The summed E-state index contributed by atoms with van der Waals surface area (Å²) in [6.45, 7) is 1.26. The highest BCUT2D eigenvalue weighted by atomic mass is 32.2. The molecule has 1 aromatic heterocycles. The molecule has 1 aliphatic rings. The topological polar surface area (TPSA) is 50.3 Å². The Bertz CT molecular complexity index is 431. The fourth-order valence-corrected chi connectivity index (χ4v) is 3.50. The first-order valence-electron chi connectivity index (χ1n) is 5.55. The van der Waals surface area contributed by atoms with Crippen LogP contribution < -0.4 is 0 Å². The van der Waals surface area contributed by atoms with Crippen molar-refractivity contribution in [1.82, 2.24) is 9.29 Å². The molecule has 0 bridgehead atoms. The van der Waals surface area contributed by atoms with Crippen molar-refractivity contribution in [1.29, 1.82) is 0 Å². The van der Waals surface area contributed by atoms with Crippen molar-refractivity contribution in [2.75, 3.05) is 18.8 Å². The molecule has 0 aliphatic carbocycles. The van der Waals surface area contributed by atoms with Crippen molar-refractivity contribution in [3.05, 3.63) is 30.1 Å². The Morgan fingerprint density at radius 1 is 1.25 bits per heavy atom. The van der Waals surface area contributed by atoms with Gasteiger partial charge in [0.05, 0.1) is 5.75 Å². The molecule has 0 N–H and O–H groups in total. The molecule has 5 heteroatoms. The third kappa shape index (κ3) is 2.80. The van der Waals surface area contributed by atoms with Gasteiger partial charge < -0.3 is 0 Å². The highest BCUT2D eigenvalue weighted by molar-refractivity contribution is 7.89. The van der Waals surface area contributed by atoms with E-state index in [4.69, 9.17) is 0 Å². The highest BCUT2D eigenvalue weighted by Crippen LogP contribution is 2.14. The van der Waals surface area contributed by atoms with Crippen LogP contribution in [0.1, 0.15) is 18.4 Å². The summed E-state index contributed by atoms with van der Waals surface area (Å²) in [5, 5.41) is 0. The number of hydrogen-bond acceptors (Lipinski definition) is 3. The Morgan fingerprint density at radius 2 is 2.00 bits per heavy atom. The predicted molar refractivity (Wildman–Crippen MR) is 62.5 cm³/mol. The molecule has 1 saturated heterocycles. The minimum atomic E-state index is -2.98. The van der Waals surface area contributed by atoms with Gasteiger partial charge >= 0.3 is 0 Å². The summed E-state index contributed by atoms with van der Waals surface area (Å²) >= 11 is 0. The molecule has 1 aromatic rings. The molecule has 0 atom stereocenters. The molecule has 1 aliphatic heterocycles. The van der Waals surface area contributed by atoms with Crippen molar-refractivity contribution >= 4 is 10.0 Å². The molecule has 0 radical (unpaired) electrons. The molecule has 0 saturated carbocycles. The molecular formula is C11H16N2O2S. The van der Waals surface area contributed by atoms with E-state index in [0.29, 0.717) is 18.8 Å². The number of hydrogen-bond donors (Lipinski definition) is 0. The zero-order valence-corrected chi connectivity index (χ0v) is 9.99. The van der Waals surface area contributed by atoms with Gasteiger partial charge in [0.1, 0.15) is 0 Å². The van der Waals surface area contributed by atoms with E-state index in [0.717, 1.165) is 24.8 Å². The minimum absolute atomic E-state index is 0.309. The summed E-state index contributed by atoms with van der Waals surface area (Å²) in [5.74, 6) is 0.309. The van der Waals surface area contributed by atoms with Crippen molar-refractivity contribution < 1.29 is 8.42 Å². The van der Waals surface area contributed by atoms with Gasteiger partial charge in [-0.25, -0.2) is 12.7 Å². The summed E-state index contributed by atoms with van der Waals surface area (Å²) in [5.41, 5.74) is 1.13. The molecule has 0 spiro atoms. The van der Waals surface area contributed by atoms with Gasteiger partial charge in [0.15, 0.2) is 0 Å². The maximum atomic E-state index is 11.7. The van der Waals surface area contributed by atoms with Gasteiger partial charge in [0.25, 0.3) is 0 Å². The van der Waals surface area contributed by atoms with E-state index in [1.54, 1.807) is 16.7 Å². The SMILES string of the molecule is O=S1(=O)CCCCN1CCc1ccncc1. The Morgan fingerprint density at radius 3 is 2.69 bits per heavy atom. The third-order valence-electron chi connectivity index (χ3n) is 2.85. The summed E-state index contributed by atoms with van der Waals surface area (Å²) in [6.07, 6.45) is 6.02. The Balaban J connectivity index is 1.95. The lowest BCUT2D eigenvalue weighted by Gasteiger charge is -2.26. The van der Waals surface area contributed by atoms with Crippen molar-refractivity contribution in [3.8, 4) is 0 Å². The van der Waals surface area contributed by atoms with Crippen LogP contribution in [0.2, 0.25) is 0 Å². The van der Waals surface area contributed by atoms with Crippen LogP contribution in [0.15, 0.2) is 24.5 Å². The zero-order valence-electron chi connectivity index (χ0n) is 9.17. The molecule has 4 nitrogen and oxygen atoms in total. The predicted octanol–water partition coefficient (Wildman–Crippen LogP) is 1.05. The summed E-state index contributed by atoms with van der Waals surface area (Å²) in [7, 11) is -2.98. The van der Waals surface area contributed by atoms with Crippen molar-refractivity contribution in [2.24, 2.45) is 0 Å². The van der Waals surface area contributed by atoms with Gasteiger partial charge in [0, 0.05) is 25.5 Å². The Labute approximate surface area is 96.4 Å². The third-order valence-corrected chi connectivity index (χ3v) is 4.81. The van der Waals surface area contributed by atoms with Gasteiger partial charge in [-0.1, -0.05) is 0 Å². The average Bonchev–Trinajstić information content (AvgIpc) is 2.28. The van der Waals surface area contributed by atoms with Gasteiger partial charge in [-0.3, -0.25) is 4.98 Å². The smallest absolute Gasteiger partial charge is 0.214 e. The first-order valence-corrected chi connectivity index (χ1v) is 7.16. The van der Waals surface area contributed by atoms with Gasteiger partial charge in [0.2, 0.25) is 10.0 Å². The molecule has 88 valence electrons. The van der Waals surface area contributed by atoms with Gasteiger partial charge in [-0.2, -0.15) is 0 Å². The van der Waals surface area contributed by atoms with Crippen molar-refractivity contribution in [3.63, 3.8) is 0 Å². The average molecular weight is 240 g/mol. The molecule has 16 heavy (non-hydrogen) atoms. The standard InChI is InChI=1S/C11H16N2O2S/c14-16(15)10-2-1-8-13(16)9-5-11-3-6-12-7-4-11/h3-4,6-7H,1-2,5,8-10H2. The number of pyridine rings is 1. The second-order valence-corrected chi connectivity index (χ2v) is 6.12. The van der Waals surface area contributed by atoms with E-state index in [9.17, 15) is 8.42 Å². The van der Waals surface area contributed by atoms with Crippen LogP contribution in [0.4, 0.5) is 0 Å². The van der Waals surface area contributed by atoms with E-state index in [-0.39, 0.29) is 0 Å². The number of aromatic nitrogens is 1. The molecule has 0 aromatic carbocycles. The van der Waals surface area contributed by atoms with Gasteiger partial charge in [-0.15, -0.1) is 0 Å². The van der Waals surface area contributed by atoms with Crippen LogP contribution >= 0.6 is 0 Å². The molecular weight excluding hydrogens is 224 g/mol. The molecule has 0 unspecified atom stereocenters. The molecule has 2 heterocycles. The maximum absolute atomic E-state index is 11.7. The zero-order chi connectivity index (χ0) is 11.4. The second-order valence-electron chi connectivity index (χ2n) is 4.03. The number of nitrogens with zero attached hydrogens (tertiary/aromatic N) is 2. The minimum Gasteiger partial charge on any atom is -0.265 e. The van der Waals surface area contributed by atoms with E-state index in [1.165, 1.54) is 0 Å². The molecule has 1 fully saturated rings. The summed E-state index contributed by atoms with van der Waals surface area (Å²) in [6, 6.07) is 3.85. The highest BCUT2D eigenvalue weighted by Gasteiger charge is 2.24. The largest absolute Gasteiger partial charge is 0.265 e. The van der Waals surface area contributed by atoms with Crippen LogP contribution in [-0.2, 0) is 16.4 Å². The lowest BCUT2D eigenvalue weighted by molar-refractivity contribution is 0.386. The van der Waals surface area contributed by atoms with E-state index < -0.39 is 10.0 Å². The van der Waals surface area contributed by atoms with E-state index in [2.05, 4.69) is 4.98 Å². The van der Waals surface area contributed by atoms with Crippen LogP contribution in [0.5, 0.6) is 0 Å². The molecule has 0 amide bonds. The van der Waals surface area contributed by atoms with Crippen LogP contribution in [0.25, 0.3) is 0 Å². The van der Waals surface area contributed by atoms with Gasteiger partial charge in [-0.05, 0) is 37.0 Å². The summed E-state index contributed by atoms with van der Waals surface area (Å²) in [4.78, 5) is 3.94. The normalized spacial score (nSPS) is 20.8. The fourth-order valence-electron chi connectivity index (χ4n) is 1.89. The first kappa shape index (κ1) is 11.5. The van der Waals surface area contributed by atoms with Crippen LogP contribution in [0, 0.1) is 0 Å². The lowest BCUT2D eigenvalue weighted by Crippen LogP contribution is -2.39. The van der Waals surface area contributed by atoms with E-state index >= 15 is 0 Å². The lowest BCUT2D eigenvalue weighted by atomic mass is 10.2. The number of sulfonamides is 1. The maximum Gasteiger partial charge on any atom is 0.214 e. The van der Waals surface area contributed by atoms with E-state index in [1.807, 2.05) is 12.1 Å². The Kier molecular flexibility index (Phi) is 3.56. The quantitative estimate of drug-likeness (QED) is 0.793. The summed E-state index contributed by atoms with van der Waals surface area (Å²) < 4.78 is 25.0. The van der Waals surface area contributed by atoms with Crippen molar-refractivity contribution in [2.45, 2.75) is 19.3 Å². The first-order chi connectivity index (χ1) is 7.68. The molecule has 2 rings (SSSR count). The van der Waals surface area contributed by atoms with Crippen LogP contribution in [-0.4, -0.2) is 36.5 Å². The van der Waals surface area contributed by atoms with Crippen LogP contribution in [0.3, 0.4) is 0 Å². The Hall–Kier alpha value is -0.940. The second kappa shape index (κ2) is 4.93. The monoisotopic (exact) mass is 240 g/mol. The fraction of sp³-hybridized carbons (Fsp3) is 0.545.